The highest BCUT2D eigenvalue weighted by atomic mass is 32.1. The molecule has 0 saturated heterocycles. The van der Waals surface area contributed by atoms with Crippen LogP contribution in [0.25, 0.3) is 0 Å². The van der Waals surface area contributed by atoms with Crippen LogP contribution in [0.4, 0.5) is 5.13 Å². The summed E-state index contributed by atoms with van der Waals surface area (Å²) in [5.74, 6) is -0.168. The van der Waals surface area contributed by atoms with Crippen LogP contribution in [0.1, 0.15) is 27.9 Å². The number of benzene rings is 1. The fourth-order valence-electron chi connectivity index (χ4n) is 1.61. The molecule has 0 unspecified atom stereocenters. The number of aryl methyl sites for hydroxylation is 1. The molecule has 0 aliphatic rings. The van der Waals surface area contributed by atoms with Crippen molar-refractivity contribution in [3.63, 3.8) is 0 Å². The normalized spacial score (nSPS) is 10.4. The summed E-state index contributed by atoms with van der Waals surface area (Å²) >= 11 is 1.40. The number of anilines is 1. The second-order valence-corrected chi connectivity index (χ2v) is 5.11. The van der Waals surface area contributed by atoms with Crippen LogP contribution in [-0.4, -0.2) is 22.6 Å². The van der Waals surface area contributed by atoms with Crippen molar-refractivity contribution in [2.24, 2.45) is 5.73 Å². The molecule has 0 saturated carbocycles. The van der Waals surface area contributed by atoms with Crippen LogP contribution < -0.4 is 11.1 Å². The Balaban J connectivity index is 2.02. The fraction of sp³-hybridized carbons (Fsp3) is 0.308. The van der Waals surface area contributed by atoms with Crippen LogP contribution >= 0.6 is 11.3 Å². The van der Waals surface area contributed by atoms with Gasteiger partial charge in [-0.15, -0.1) is 10.2 Å². The Morgan fingerprint density at radius 3 is 2.63 bits per heavy atom. The van der Waals surface area contributed by atoms with E-state index < -0.39 is 0 Å². The summed E-state index contributed by atoms with van der Waals surface area (Å²) in [4.78, 5) is 12.0. The van der Waals surface area contributed by atoms with Crippen molar-refractivity contribution in [1.29, 1.82) is 0 Å². The van der Waals surface area contributed by atoms with E-state index in [2.05, 4.69) is 15.5 Å². The van der Waals surface area contributed by atoms with Crippen molar-refractivity contribution in [3.8, 4) is 0 Å². The summed E-state index contributed by atoms with van der Waals surface area (Å²) in [7, 11) is 0. The summed E-state index contributed by atoms with van der Waals surface area (Å²) < 4.78 is 0. The number of hydrogen-bond donors (Lipinski definition) is 2. The van der Waals surface area contributed by atoms with Gasteiger partial charge in [-0.25, -0.2) is 0 Å². The molecule has 0 atom stereocenters. The largest absolute Gasteiger partial charge is 0.330 e. The number of carbonyl (C=O) groups is 1. The molecule has 2 rings (SSSR count). The van der Waals surface area contributed by atoms with Crippen LogP contribution in [0.15, 0.2) is 24.3 Å². The Bertz CT molecular complexity index is 550. The number of nitrogens with zero attached hydrogens (tertiary/aromatic N) is 2. The zero-order valence-corrected chi connectivity index (χ0v) is 11.5. The predicted molar refractivity (Wildman–Crippen MR) is 76.4 cm³/mol. The topological polar surface area (TPSA) is 80.9 Å². The maximum atomic E-state index is 12.0. The minimum absolute atomic E-state index is 0.168. The van der Waals surface area contributed by atoms with Gasteiger partial charge >= 0.3 is 0 Å². The fourth-order valence-corrected chi connectivity index (χ4v) is 2.28. The molecule has 1 amide bonds. The minimum Gasteiger partial charge on any atom is -0.330 e. The second-order valence-electron chi connectivity index (χ2n) is 4.04. The lowest BCUT2D eigenvalue weighted by atomic mass is 10.1. The highest BCUT2D eigenvalue weighted by molar-refractivity contribution is 7.15. The Morgan fingerprint density at radius 1 is 1.32 bits per heavy atom. The molecular weight excluding hydrogens is 260 g/mol. The third kappa shape index (κ3) is 3.59. The van der Waals surface area contributed by atoms with Crippen molar-refractivity contribution >= 4 is 22.4 Å². The van der Waals surface area contributed by atoms with Crippen molar-refractivity contribution in [2.75, 3.05) is 11.9 Å². The van der Waals surface area contributed by atoms with E-state index >= 15 is 0 Å². The molecule has 3 N–H and O–H groups in total. The maximum Gasteiger partial charge on any atom is 0.257 e. The van der Waals surface area contributed by atoms with Gasteiger partial charge in [-0.1, -0.05) is 30.4 Å². The molecule has 0 spiro atoms. The van der Waals surface area contributed by atoms with E-state index in [-0.39, 0.29) is 5.91 Å². The van der Waals surface area contributed by atoms with Gasteiger partial charge < -0.3 is 5.73 Å². The smallest absolute Gasteiger partial charge is 0.257 e. The summed E-state index contributed by atoms with van der Waals surface area (Å²) in [5, 5.41) is 12.1. The highest BCUT2D eigenvalue weighted by Crippen LogP contribution is 2.16. The Morgan fingerprint density at radius 2 is 2.05 bits per heavy atom. The van der Waals surface area contributed by atoms with Gasteiger partial charge in [0.05, 0.1) is 0 Å². The quantitative estimate of drug-likeness (QED) is 0.873. The lowest BCUT2D eigenvalue weighted by molar-refractivity contribution is 0.102. The number of rotatable bonds is 5. The first-order valence-corrected chi connectivity index (χ1v) is 6.97. The second kappa shape index (κ2) is 6.40. The molecule has 1 aromatic carbocycles. The molecule has 5 nitrogen and oxygen atoms in total. The van der Waals surface area contributed by atoms with E-state index in [1.54, 1.807) is 12.1 Å². The highest BCUT2D eigenvalue weighted by Gasteiger charge is 2.09. The SMILES string of the molecule is CCc1nnc(NC(=O)c2ccc(CCN)cc2)s1. The Kier molecular flexibility index (Phi) is 4.59. The zero-order valence-electron chi connectivity index (χ0n) is 10.7. The van der Waals surface area contributed by atoms with E-state index in [4.69, 9.17) is 5.73 Å². The Hall–Kier alpha value is -1.79. The number of aromatic nitrogens is 2. The molecule has 0 bridgehead atoms. The number of hydrogen-bond acceptors (Lipinski definition) is 5. The molecule has 2 aromatic rings. The van der Waals surface area contributed by atoms with Crippen molar-refractivity contribution in [1.82, 2.24) is 10.2 Å². The van der Waals surface area contributed by atoms with Crippen LogP contribution in [0.5, 0.6) is 0 Å². The summed E-state index contributed by atoms with van der Waals surface area (Å²) in [6.45, 7) is 2.61. The maximum absolute atomic E-state index is 12.0. The summed E-state index contributed by atoms with van der Waals surface area (Å²) in [5.41, 5.74) is 7.22. The first kappa shape index (κ1) is 13.6. The standard InChI is InChI=1S/C13H16N4OS/c1-2-11-16-17-13(19-11)15-12(18)10-5-3-9(4-6-10)7-8-14/h3-6H,2,7-8,14H2,1H3,(H,15,17,18). The first-order chi connectivity index (χ1) is 9.22. The van der Waals surface area contributed by atoms with Gasteiger partial charge in [0.2, 0.25) is 5.13 Å². The third-order valence-corrected chi connectivity index (χ3v) is 3.62. The van der Waals surface area contributed by atoms with Gasteiger partial charge in [-0.3, -0.25) is 10.1 Å². The molecule has 1 aromatic heterocycles. The zero-order chi connectivity index (χ0) is 13.7. The van der Waals surface area contributed by atoms with Crippen molar-refractivity contribution < 1.29 is 4.79 Å². The van der Waals surface area contributed by atoms with Gasteiger partial charge in [0.15, 0.2) is 0 Å². The Labute approximate surface area is 115 Å². The van der Waals surface area contributed by atoms with Crippen LogP contribution in [-0.2, 0) is 12.8 Å². The van der Waals surface area contributed by atoms with Crippen LogP contribution in [0, 0.1) is 0 Å². The number of nitrogens with one attached hydrogen (secondary N) is 1. The van der Waals surface area contributed by atoms with Gasteiger partial charge in [0.25, 0.3) is 5.91 Å². The first-order valence-electron chi connectivity index (χ1n) is 6.15. The lowest BCUT2D eigenvalue weighted by Crippen LogP contribution is -2.12. The molecule has 1 heterocycles. The average Bonchev–Trinajstić information content (AvgIpc) is 2.87. The van der Waals surface area contributed by atoms with E-state index in [1.807, 2.05) is 19.1 Å². The van der Waals surface area contributed by atoms with Crippen molar-refractivity contribution in [2.45, 2.75) is 19.8 Å². The average molecular weight is 276 g/mol. The number of carbonyl (C=O) groups excluding carboxylic acids is 1. The van der Waals surface area contributed by atoms with Gasteiger partial charge in [-0.2, -0.15) is 0 Å². The van der Waals surface area contributed by atoms with Crippen LogP contribution in [0.3, 0.4) is 0 Å². The summed E-state index contributed by atoms with van der Waals surface area (Å²) in [6.07, 6.45) is 1.64. The third-order valence-electron chi connectivity index (χ3n) is 2.64. The van der Waals surface area contributed by atoms with Crippen LogP contribution in [0.2, 0.25) is 0 Å². The molecule has 0 radical (unpaired) electrons. The summed E-state index contributed by atoms with van der Waals surface area (Å²) in [6, 6.07) is 7.42. The van der Waals surface area contributed by atoms with Gasteiger partial charge in [0, 0.05) is 5.56 Å². The predicted octanol–water partition coefficient (Wildman–Crippen LogP) is 1.85. The number of amides is 1. The van der Waals surface area contributed by atoms with E-state index in [9.17, 15) is 4.79 Å². The van der Waals surface area contributed by atoms with Gasteiger partial charge in [0.1, 0.15) is 5.01 Å². The van der Waals surface area contributed by atoms with Crippen molar-refractivity contribution in [3.05, 3.63) is 40.4 Å². The molecule has 6 heteroatoms. The molecule has 0 fully saturated rings. The molecular formula is C13H16N4OS. The van der Waals surface area contributed by atoms with E-state index in [1.165, 1.54) is 11.3 Å². The molecule has 0 aliphatic carbocycles. The van der Waals surface area contributed by atoms with E-state index in [0.717, 1.165) is 23.4 Å². The monoisotopic (exact) mass is 276 g/mol. The molecule has 19 heavy (non-hydrogen) atoms. The minimum atomic E-state index is -0.168. The molecule has 100 valence electrons. The number of nitrogens with two attached hydrogens (primary N) is 1. The lowest BCUT2D eigenvalue weighted by Gasteiger charge is -2.03. The van der Waals surface area contributed by atoms with Gasteiger partial charge in [-0.05, 0) is 37.1 Å². The van der Waals surface area contributed by atoms with E-state index in [0.29, 0.717) is 17.2 Å². The molecule has 0 aliphatic heterocycles.